The molecular formula is C13H18N2S. The van der Waals surface area contributed by atoms with E-state index in [4.69, 9.17) is 0 Å². The van der Waals surface area contributed by atoms with E-state index in [9.17, 15) is 5.26 Å². The van der Waals surface area contributed by atoms with Gasteiger partial charge in [0.1, 0.15) is 0 Å². The first kappa shape index (κ1) is 11.6. The van der Waals surface area contributed by atoms with E-state index in [1.165, 1.54) is 24.1 Å². The molecule has 1 fully saturated rings. The Bertz CT molecular complexity index is 389. The van der Waals surface area contributed by atoms with Gasteiger partial charge in [0.25, 0.3) is 0 Å². The zero-order chi connectivity index (χ0) is 11.6. The van der Waals surface area contributed by atoms with Gasteiger partial charge in [-0.1, -0.05) is 19.3 Å². The van der Waals surface area contributed by atoms with Crippen molar-refractivity contribution in [1.82, 2.24) is 4.98 Å². The Kier molecular flexibility index (Phi) is 3.30. The highest BCUT2D eigenvalue weighted by Gasteiger charge is 2.33. The maximum atomic E-state index is 9.41. The average molecular weight is 234 g/mol. The highest BCUT2D eigenvalue weighted by molar-refractivity contribution is 7.11. The number of aromatic nitrogens is 1. The smallest absolute Gasteiger partial charge is 0.0946 e. The lowest BCUT2D eigenvalue weighted by molar-refractivity contribution is 0.265. The lowest BCUT2D eigenvalue weighted by Crippen LogP contribution is -2.24. The van der Waals surface area contributed by atoms with Crippen molar-refractivity contribution < 1.29 is 0 Å². The molecule has 1 aromatic heterocycles. The van der Waals surface area contributed by atoms with Gasteiger partial charge in [-0.15, -0.1) is 11.3 Å². The summed E-state index contributed by atoms with van der Waals surface area (Å²) < 4.78 is 0. The first-order valence-corrected chi connectivity index (χ1v) is 6.81. The molecule has 0 aromatic carbocycles. The summed E-state index contributed by atoms with van der Waals surface area (Å²) in [6.45, 7) is 4.16. The molecule has 1 aliphatic rings. The fourth-order valence-corrected chi connectivity index (χ4v) is 3.54. The lowest BCUT2D eigenvalue weighted by atomic mass is 9.73. The van der Waals surface area contributed by atoms with Gasteiger partial charge in [-0.3, -0.25) is 0 Å². The maximum Gasteiger partial charge on any atom is 0.0946 e. The van der Waals surface area contributed by atoms with Gasteiger partial charge in [0, 0.05) is 11.3 Å². The van der Waals surface area contributed by atoms with Crippen LogP contribution in [0.5, 0.6) is 0 Å². The van der Waals surface area contributed by atoms with E-state index in [2.05, 4.69) is 24.9 Å². The minimum absolute atomic E-state index is 0.116. The Morgan fingerprint density at radius 3 is 2.50 bits per heavy atom. The second kappa shape index (κ2) is 4.55. The zero-order valence-corrected chi connectivity index (χ0v) is 10.9. The Hall–Kier alpha value is -0.880. The number of hydrogen-bond donors (Lipinski definition) is 0. The molecule has 0 bridgehead atoms. The van der Waals surface area contributed by atoms with Gasteiger partial charge in [0.2, 0.25) is 0 Å². The molecular weight excluding hydrogens is 216 g/mol. The molecule has 0 amide bonds. The largest absolute Gasteiger partial charge is 0.246 e. The summed E-state index contributed by atoms with van der Waals surface area (Å²) >= 11 is 1.76. The molecule has 1 aromatic rings. The van der Waals surface area contributed by atoms with Crippen LogP contribution in [0.4, 0.5) is 0 Å². The van der Waals surface area contributed by atoms with Crippen LogP contribution in [0.3, 0.4) is 0 Å². The van der Waals surface area contributed by atoms with Crippen LogP contribution in [0.15, 0.2) is 0 Å². The van der Waals surface area contributed by atoms with Crippen molar-refractivity contribution in [2.24, 2.45) is 5.41 Å². The SMILES string of the molecule is Cc1nc(CC2(C#N)CCCCC2)sc1C. The van der Waals surface area contributed by atoms with Crippen LogP contribution in [-0.2, 0) is 6.42 Å². The predicted octanol–water partition coefficient (Wildman–Crippen LogP) is 3.78. The zero-order valence-electron chi connectivity index (χ0n) is 10.0. The predicted molar refractivity (Wildman–Crippen MR) is 66.4 cm³/mol. The lowest BCUT2D eigenvalue weighted by Gasteiger charge is -2.29. The number of nitriles is 1. The van der Waals surface area contributed by atoms with Crippen molar-refractivity contribution in [3.05, 3.63) is 15.6 Å². The van der Waals surface area contributed by atoms with Crippen LogP contribution in [-0.4, -0.2) is 4.98 Å². The summed E-state index contributed by atoms with van der Waals surface area (Å²) in [5.41, 5.74) is 1.01. The van der Waals surface area contributed by atoms with Gasteiger partial charge < -0.3 is 0 Å². The fourth-order valence-electron chi connectivity index (χ4n) is 2.46. The van der Waals surface area contributed by atoms with Crippen LogP contribution >= 0.6 is 11.3 Å². The minimum Gasteiger partial charge on any atom is -0.246 e. The van der Waals surface area contributed by atoms with Crippen molar-refractivity contribution in [3.8, 4) is 6.07 Å². The van der Waals surface area contributed by atoms with Gasteiger partial charge in [-0.25, -0.2) is 4.98 Å². The molecule has 16 heavy (non-hydrogen) atoms. The average Bonchev–Trinajstić information content (AvgIpc) is 2.59. The molecule has 1 saturated carbocycles. The van der Waals surface area contributed by atoms with E-state index >= 15 is 0 Å². The number of hydrogen-bond acceptors (Lipinski definition) is 3. The Morgan fingerprint density at radius 1 is 1.31 bits per heavy atom. The van der Waals surface area contributed by atoms with Gasteiger partial charge in [0.05, 0.1) is 22.2 Å². The Labute approximate surface area is 101 Å². The summed E-state index contributed by atoms with van der Waals surface area (Å²) in [5, 5.41) is 10.6. The molecule has 2 rings (SSSR count). The molecule has 0 radical (unpaired) electrons. The first-order chi connectivity index (χ1) is 7.65. The van der Waals surface area contributed by atoms with E-state index in [1.807, 2.05) is 0 Å². The van der Waals surface area contributed by atoms with Crippen molar-refractivity contribution in [2.45, 2.75) is 52.4 Å². The van der Waals surface area contributed by atoms with Crippen LogP contribution < -0.4 is 0 Å². The molecule has 86 valence electrons. The Balaban J connectivity index is 2.15. The van der Waals surface area contributed by atoms with Crippen molar-refractivity contribution in [3.63, 3.8) is 0 Å². The van der Waals surface area contributed by atoms with Crippen LogP contribution in [0.2, 0.25) is 0 Å². The number of thiazole rings is 1. The van der Waals surface area contributed by atoms with E-state index in [0.717, 1.165) is 30.0 Å². The highest BCUT2D eigenvalue weighted by Crippen LogP contribution is 2.39. The van der Waals surface area contributed by atoms with Crippen LogP contribution in [0.1, 0.15) is 47.7 Å². The normalized spacial score (nSPS) is 19.3. The van der Waals surface area contributed by atoms with Crippen LogP contribution in [0.25, 0.3) is 0 Å². The fraction of sp³-hybridized carbons (Fsp3) is 0.692. The topological polar surface area (TPSA) is 36.7 Å². The molecule has 0 saturated heterocycles. The number of aryl methyl sites for hydroxylation is 2. The third-order valence-corrected chi connectivity index (χ3v) is 4.68. The molecule has 1 heterocycles. The van der Waals surface area contributed by atoms with Gasteiger partial charge in [0.15, 0.2) is 0 Å². The summed E-state index contributed by atoms with van der Waals surface area (Å²) in [4.78, 5) is 5.86. The third kappa shape index (κ3) is 2.27. The molecule has 2 nitrogen and oxygen atoms in total. The molecule has 0 unspecified atom stereocenters. The standard InChI is InChI=1S/C13H18N2S/c1-10-11(2)16-12(15-10)8-13(9-14)6-4-3-5-7-13/h3-8H2,1-2H3. The second-order valence-corrected chi connectivity index (χ2v) is 6.17. The molecule has 1 aliphatic carbocycles. The molecule has 0 N–H and O–H groups in total. The molecule has 0 aliphatic heterocycles. The van der Waals surface area contributed by atoms with Crippen molar-refractivity contribution >= 4 is 11.3 Å². The quantitative estimate of drug-likeness (QED) is 0.781. The van der Waals surface area contributed by atoms with Crippen molar-refractivity contribution in [1.29, 1.82) is 5.26 Å². The summed E-state index contributed by atoms with van der Waals surface area (Å²) in [7, 11) is 0. The van der Waals surface area contributed by atoms with E-state index in [1.54, 1.807) is 11.3 Å². The minimum atomic E-state index is -0.116. The molecule has 0 spiro atoms. The van der Waals surface area contributed by atoms with Gasteiger partial charge in [-0.2, -0.15) is 5.26 Å². The van der Waals surface area contributed by atoms with E-state index in [0.29, 0.717) is 0 Å². The summed E-state index contributed by atoms with van der Waals surface area (Å²) in [5.74, 6) is 0. The van der Waals surface area contributed by atoms with E-state index < -0.39 is 0 Å². The monoisotopic (exact) mass is 234 g/mol. The molecule has 0 atom stereocenters. The second-order valence-electron chi connectivity index (χ2n) is 4.88. The number of nitrogens with zero attached hydrogens (tertiary/aromatic N) is 2. The van der Waals surface area contributed by atoms with Crippen molar-refractivity contribution in [2.75, 3.05) is 0 Å². The Morgan fingerprint density at radius 2 is 2.00 bits per heavy atom. The first-order valence-electron chi connectivity index (χ1n) is 5.99. The summed E-state index contributed by atoms with van der Waals surface area (Å²) in [6.07, 6.45) is 6.68. The van der Waals surface area contributed by atoms with Crippen LogP contribution in [0, 0.1) is 30.6 Å². The molecule has 3 heteroatoms. The van der Waals surface area contributed by atoms with E-state index in [-0.39, 0.29) is 5.41 Å². The number of rotatable bonds is 2. The van der Waals surface area contributed by atoms with Gasteiger partial charge >= 0.3 is 0 Å². The maximum absolute atomic E-state index is 9.41. The summed E-state index contributed by atoms with van der Waals surface area (Å²) in [6, 6.07) is 2.56. The third-order valence-electron chi connectivity index (χ3n) is 3.61. The van der Waals surface area contributed by atoms with Gasteiger partial charge in [-0.05, 0) is 26.7 Å². The highest BCUT2D eigenvalue weighted by atomic mass is 32.1.